The van der Waals surface area contributed by atoms with Gasteiger partial charge >= 0.3 is 0 Å². The van der Waals surface area contributed by atoms with Crippen LogP contribution in [-0.2, 0) is 16.1 Å². The van der Waals surface area contributed by atoms with Crippen LogP contribution in [0.3, 0.4) is 0 Å². The summed E-state index contributed by atoms with van der Waals surface area (Å²) in [5.41, 5.74) is 3.72. The first kappa shape index (κ1) is 17.6. The number of amides is 2. The largest absolute Gasteiger partial charge is 0.340 e. The number of rotatable bonds is 5. The number of fused-ring (bicyclic) bond motifs is 1. The van der Waals surface area contributed by atoms with E-state index in [0.29, 0.717) is 12.5 Å². The summed E-state index contributed by atoms with van der Waals surface area (Å²) in [6.07, 6.45) is 0.181. The van der Waals surface area contributed by atoms with Crippen molar-refractivity contribution in [3.63, 3.8) is 0 Å². The molecule has 0 aliphatic carbocycles. The van der Waals surface area contributed by atoms with E-state index in [2.05, 4.69) is 24.1 Å². The van der Waals surface area contributed by atoms with E-state index in [1.165, 1.54) is 0 Å². The van der Waals surface area contributed by atoms with Crippen molar-refractivity contribution in [3.8, 4) is 0 Å². The fourth-order valence-corrected chi connectivity index (χ4v) is 3.80. The summed E-state index contributed by atoms with van der Waals surface area (Å²) >= 11 is 1.62. The zero-order chi connectivity index (χ0) is 18.1. The Morgan fingerprint density at radius 2 is 2.16 bits per heavy atom. The van der Waals surface area contributed by atoms with Crippen LogP contribution >= 0.6 is 11.3 Å². The molecule has 1 N–H and O–H groups in total. The second-order valence-corrected chi connectivity index (χ2v) is 7.81. The van der Waals surface area contributed by atoms with E-state index in [1.807, 2.05) is 30.5 Å². The molecule has 0 spiro atoms. The highest BCUT2D eigenvalue weighted by Gasteiger charge is 2.33. The van der Waals surface area contributed by atoms with Crippen LogP contribution in [0.1, 0.15) is 53.9 Å². The number of hydrogen-bond donors (Lipinski definition) is 1. The van der Waals surface area contributed by atoms with Crippen molar-refractivity contribution in [2.75, 3.05) is 12.4 Å². The lowest BCUT2D eigenvalue weighted by atomic mass is 9.95. The zero-order valence-electron chi connectivity index (χ0n) is 15.0. The van der Waals surface area contributed by atoms with Gasteiger partial charge in [0.2, 0.25) is 11.8 Å². The second kappa shape index (κ2) is 6.96. The molecular weight excluding hydrogens is 334 g/mol. The quantitative estimate of drug-likeness (QED) is 0.888. The molecule has 0 unspecified atom stereocenters. The van der Waals surface area contributed by atoms with Crippen LogP contribution in [0, 0.1) is 6.92 Å². The van der Waals surface area contributed by atoms with E-state index < -0.39 is 5.92 Å². The fraction of sp³-hybridized carbons (Fsp3) is 0.421. The molecule has 1 aliphatic heterocycles. The third-order valence-electron chi connectivity index (χ3n) is 4.42. The smallest absolute Gasteiger partial charge is 0.232 e. The summed E-state index contributed by atoms with van der Waals surface area (Å²) in [5, 5.41) is 5.94. The van der Waals surface area contributed by atoms with E-state index >= 15 is 0 Å². The number of carbonyl (C=O) groups excluding carboxylic acids is 2. The Hall–Kier alpha value is -2.21. The first-order valence-corrected chi connectivity index (χ1v) is 9.32. The van der Waals surface area contributed by atoms with Crippen molar-refractivity contribution < 1.29 is 9.59 Å². The molecule has 0 radical (unpaired) electrons. The lowest BCUT2D eigenvalue weighted by Gasteiger charge is -2.18. The van der Waals surface area contributed by atoms with E-state index in [9.17, 15) is 9.59 Å². The average molecular weight is 357 g/mol. The molecule has 0 saturated carbocycles. The highest BCUT2D eigenvalue weighted by atomic mass is 32.1. The van der Waals surface area contributed by atoms with E-state index in [0.717, 1.165) is 27.5 Å². The lowest BCUT2D eigenvalue weighted by molar-refractivity contribution is -0.132. The molecule has 5 nitrogen and oxygen atoms in total. The SMILES string of the molecule is Cc1ccc2c(c1)[C@@H](CC(=O)N(C)Cc1csc(C(C)C)n1)C(=O)N2. The highest BCUT2D eigenvalue weighted by molar-refractivity contribution is 7.09. The number of aryl methyl sites for hydroxylation is 1. The molecule has 1 aliphatic rings. The minimum atomic E-state index is -0.411. The summed E-state index contributed by atoms with van der Waals surface area (Å²) < 4.78 is 0. The van der Waals surface area contributed by atoms with Gasteiger partial charge in [-0.1, -0.05) is 31.5 Å². The Bertz CT molecular complexity index is 813. The highest BCUT2D eigenvalue weighted by Crippen LogP contribution is 2.35. The van der Waals surface area contributed by atoms with Crippen molar-refractivity contribution in [3.05, 3.63) is 45.4 Å². The predicted octanol–water partition coefficient (Wildman–Crippen LogP) is 3.66. The Balaban J connectivity index is 1.67. The van der Waals surface area contributed by atoms with Crippen molar-refractivity contribution in [2.24, 2.45) is 0 Å². The minimum Gasteiger partial charge on any atom is -0.340 e. The summed E-state index contributed by atoms with van der Waals surface area (Å²) in [5.74, 6) is -0.167. The molecule has 2 aromatic rings. The van der Waals surface area contributed by atoms with Crippen LogP contribution in [0.4, 0.5) is 5.69 Å². The van der Waals surface area contributed by atoms with Crippen LogP contribution in [0.5, 0.6) is 0 Å². The average Bonchev–Trinajstić information content (AvgIpc) is 3.13. The van der Waals surface area contributed by atoms with Crippen LogP contribution < -0.4 is 5.32 Å². The van der Waals surface area contributed by atoms with Crippen molar-refractivity contribution >= 4 is 28.8 Å². The second-order valence-electron chi connectivity index (χ2n) is 6.92. The Labute approximate surface area is 152 Å². The maximum absolute atomic E-state index is 12.6. The van der Waals surface area contributed by atoms with Crippen LogP contribution in [0.25, 0.3) is 0 Å². The third kappa shape index (κ3) is 3.74. The molecule has 0 bridgehead atoms. The minimum absolute atomic E-state index is 0.0476. The summed E-state index contributed by atoms with van der Waals surface area (Å²) in [7, 11) is 1.76. The molecule has 2 amide bonds. The monoisotopic (exact) mass is 357 g/mol. The normalized spacial score (nSPS) is 16.0. The van der Waals surface area contributed by atoms with Gasteiger partial charge in [-0.25, -0.2) is 4.98 Å². The number of benzene rings is 1. The number of aromatic nitrogens is 1. The number of nitrogens with one attached hydrogen (secondary N) is 1. The number of hydrogen-bond acceptors (Lipinski definition) is 4. The fourth-order valence-electron chi connectivity index (χ4n) is 2.97. The molecule has 1 aromatic carbocycles. The Kier molecular flexibility index (Phi) is 4.90. The first-order chi connectivity index (χ1) is 11.8. The Morgan fingerprint density at radius 1 is 1.40 bits per heavy atom. The maximum atomic E-state index is 12.6. The summed E-state index contributed by atoms with van der Waals surface area (Å²) in [4.78, 5) is 31.1. The van der Waals surface area contributed by atoms with Gasteiger partial charge in [0.05, 0.1) is 23.2 Å². The van der Waals surface area contributed by atoms with Gasteiger partial charge in [-0.2, -0.15) is 0 Å². The Morgan fingerprint density at radius 3 is 2.84 bits per heavy atom. The molecule has 132 valence electrons. The van der Waals surface area contributed by atoms with Crippen molar-refractivity contribution in [1.82, 2.24) is 9.88 Å². The van der Waals surface area contributed by atoms with E-state index in [-0.39, 0.29) is 18.2 Å². The number of anilines is 1. The number of thiazole rings is 1. The van der Waals surface area contributed by atoms with Crippen LogP contribution in [0.15, 0.2) is 23.6 Å². The summed E-state index contributed by atoms with van der Waals surface area (Å²) in [6, 6.07) is 5.85. The van der Waals surface area contributed by atoms with Gasteiger partial charge in [0, 0.05) is 30.5 Å². The molecule has 3 rings (SSSR count). The van der Waals surface area contributed by atoms with Gasteiger partial charge in [-0.3, -0.25) is 9.59 Å². The number of nitrogens with zero attached hydrogens (tertiary/aromatic N) is 2. The van der Waals surface area contributed by atoms with E-state index in [4.69, 9.17) is 0 Å². The molecule has 1 atom stereocenters. The van der Waals surface area contributed by atoms with Crippen molar-refractivity contribution in [1.29, 1.82) is 0 Å². The van der Waals surface area contributed by atoms with Gasteiger partial charge in [-0.05, 0) is 18.6 Å². The third-order valence-corrected chi connectivity index (χ3v) is 5.62. The van der Waals surface area contributed by atoms with Crippen LogP contribution in [0.2, 0.25) is 0 Å². The standard InChI is InChI=1S/C19H23N3O2S/c1-11(2)19-20-13(10-25-19)9-22(4)17(23)8-15-14-7-12(3)5-6-16(14)21-18(15)24/h5-7,10-11,15H,8-9H2,1-4H3,(H,21,24)/t15-/m1/s1. The molecule has 25 heavy (non-hydrogen) atoms. The topological polar surface area (TPSA) is 62.3 Å². The zero-order valence-corrected chi connectivity index (χ0v) is 15.8. The molecule has 1 aromatic heterocycles. The van der Waals surface area contributed by atoms with Gasteiger partial charge in [0.25, 0.3) is 0 Å². The predicted molar refractivity (Wildman–Crippen MR) is 99.8 cm³/mol. The number of carbonyl (C=O) groups is 2. The first-order valence-electron chi connectivity index (χ1n) is 8.45. The molecule has 0 fully saturated rings. The molecule has 2 heterocycles. The maximum Gasteiger partial charge on any atom is 0.232 e. The van der Waals surface area contributed by atoms with Gasteiger partial charge in [0.15, 0.2) is 0 Å². The molecular formula is C19H23N3O2S. The lowest BCUT2D eigenvalue weighted by Crippen LogP contribution is -2.29. The van der Waals surface area contributed by atoms with Gasteiger partial charge in [0.1, 0.15) is 0 Å². The molecule has 6 heteroatoms. The van der Waals surface area contributed by atoms with Gasteiger partial charge in [-0.15, -0.1) is 11.3 Å². The van der Waals surface area contributed by atoms with Gasteiger partial charge < -0.3 is 10.2 Å². The summed E-state index contributed by atoms with van der Waals surface area (Å²) in [6.45, 7) is 6.67. The molecule has 0 saturated heterocycles. The van der Waals surface area contributed by atoms with E-state index in [1.54, 1.807) is 23.3 Å². The van der Waals surface area contributed by atoms with Crippen molar-refractivity contribution in [2.45, 2.75) is 45.6 Å². The van der Waals surface area contributed by atoms with Crippen LogP contribution in [-0.4, -0.2) is 28.7 Å².